The van der Waals surface area contributed by atoms with Crippen LogP contribution in [0.25, 0.3) is 11.1 Å². The first-order valence-corrected chi connectivity index (χ1v) is 9.94. The van der Waals surface area contributed by atoms with Gasteiger partial charge in [-0.2, -0.15) is 0 Å². The van der Waals surface area contributed by atoms with Gasteiger partial charge in [0.05, 0.1) is 6.61 Å². The lowest BCUT2D eigenvalue weighted by Gasteiger charge is -2.14. The van der Waals surface area contributed by atoms with Crippen LogP contribution in [0.15, 0.2) is 54.6 Å². The van der Waals surface area contributed by atoms with Crippen LogP contribution >= 0.6 is 0 Å². The van der Waals surface area contributed by atoms with Crippen molar-refractivity contribution in [2.24, 2.45) is 0 Å². The van der Waals surface area contributed by atoms with Crippen LogP contribution in [0, 0.1) is 0 Å². The number of amides is 1. The van der Waals surface area contributed by atoms with Gasteiger partial charge < -0.3 is 15.3 Å². The molecule has 0 spiro atoms. The molecule has 0 bridgehead atoms. The third-order valence-corrected chi connectivity index (χ3v) is 4.72. The molecule has 0 heterocycles. The number of hydrogen-bond donors (Lipinski definition) is 2. The zero-order valence-corrected chi connectivity index (χ0v) is 16.4. The summed E-state index contributed by atoms with van der Waals surface area (Å²) >= 11 is 0. The van der Waals surface area contributed by atoms with Crippen LogP contribution in [-0.4, -0.2) is 49.2 Å². The first-order valence-electron chi connectivity index (χ1n) is 9.94. The van der Waals surface area contributed by atoms with Crippen molar-refractivity contribution in [1.82, 2.24) is 10.2 Å². The SMILES string of the molecule is CN(CCO)CCCCCCCNC(=O)c1cccc(-c2ccccc2)c1. The minimum absolute atomic E-state index is 0.00147. The number of nitrogens with one attached hydrogen (secondary N) is 1. The van der Waals surface area contributed by atoms with Gasteiger partial charge >= 0.3 is 0 Å². The van der Waals surface area contributed by atoms with Crippen LogP contribution in [0.5, 0.6) is 0 Å². The fourth-order valence-electron chi connectivity index (χ4n) is 3.09. The molecule has 0 radical (unpaired) electrons. The van der Waals surface area contributed by atoms with Gasteiger partial charge in [0.1, 0.15) is 0 Å². The molecule has 0 saturated carbocycles. The number of unbranched alkanes of at least 4 members (excludes halogenated alkanes) is 4. The second kappa shape index (κ2) is 12.3. The number of rotatable bonds is 12. The highest BCUT2D eigenvalue weighted by atomic mass is 16.3. The lowest BCUT2D eigenvalue weighted by molar-refractivity contribution is 0.0953. The predicted octanol–water partition coefficient (Wildman–Crippen LogP) is 3.96. The molecule has 27 heavy (non-hydrogen) atoms. The molecule has 0 aliphatic carbocycles. The number of carbonyl (C=O) groups excluding carboxylic acids is 1. The normalized spacial score (nSPS) is 10.9. The Bertz CT molecular complexity index is 673. The number of hydrogen-bond acceptors (Lipinski definition) is 3. The summed E-state index contributed by atoms with van der Waals surface area (Å²) < 4.78 is 0. The minimum Gasteiger partial charge on any atom is -0.395 e. The van der Waals surface area contributed by atoms with E-state index >= 15 is 0 Å². The zero-order chi connectivity index (χ0) is 19.3. The maximum absolute atomic E-state index is 12.4. The molecule has 146 valence electrons. The summed E-state index contributed by atoms with van der Waals surface area (Å²) in [6.45, 7) is 2.73. The largest absolute Gasteiger partial charge is 0.395 e. The van der Waals surface area contributed by atoms with Gasteiger partial charge in [-0.3, -0.25) is 4.79 Å². The van der Waals surface area contributed by atoms with E-state index in [1.807, 2.05) is 49.5 Å². The van der Waals surface area contributed by atoms with Crippen molar-refractivity contribution in [3.63, 3.8) is 0 Å². The average molecular weight is 369 g/mol. The number of carbonyl (C=O) groups is 1. The van der Waals surface area contributed by atoms with E-state index in [0.717, 1.165) is 50.0 Å². The van der Waals surface area contributed by atoms with E-state index in [0.29, 0.717) is 5.56 Å². The second-order valence-electron chi connectivity index (χ2n) is 7.00. The first-order chi connectivity index (χ1) is 13.2. The zero-order valence-electron chi connectivity index (χ0n) is 16.4. The summed E-state index contributed by atoms with van der Waals surface area (Å²) in [5, 5.41) is 11.9. The summed E-state index contributed by atoms with van der Waals surface area (Å²) in [4.78, 5) is 14.5. The van der Waals surface area contributed by atoms with E-state index in [9.17, 15) is 4.79 Å². The minimum atomic E-state index is -0.00147. The Kier molecular flexibility index (Phi) is 9.60. The Morgan fingerprint density at radius 1 is 0.889 bits per heavy atom. The average Bonchev–Trinajstić information content (AvgIpc) is 2.71. The number of benzene rings is 2. The maximum atomic E-state index is 12.4. The molecule has 0 aliphatic heterocycles. The number of nitrogens with zero attached hydrogens (tertiary/aromatic N) is 1. The highest BCUT2D eigenvalue weighted by Crippen LogP contribution is 2.19. The van der Waals surface area contributed by atoms with Crippen LogP contribution in [0.1, 0.15) is 42.5 Å². The second-order valence-corrected chi connectivity index (χ2v) is 7.00. The molecule has 2 aromatic rings. The van der Waals surface area contributed by atoms with Crippen LogP contribution in [-0.2, 0) is 0 Å². The van der Waals surface area contributed by atoms with E-state index in [-0.39, 0.29) is 12.5 Å². The van der Waals surface area contributed by atoms with E-state index in [1.54, 1.807) is 0 Å². The molecule has 0 saturated heterocycles. The Labute approximate surface area is 163 Å². The fraction of sp³-hybridized carbons (Fsp3) is 0.435. The molecule has 0 fully saturated rings. The monoisotopic (exact) mass is 368 g/mol. The highest BCUT2D eigenvalue weighted by Gasteiger charge is 2.06. The summed E-state index contributed by atoms with van der Waals surface area (Å²) in [5.74, 6) is -0.00147. The molecule has 4 nitrogen and oxygen atoms in total. The number of aliphatic hydroxyl groups excluding tert-OH is 1. The first kappa shape index (κ1) is 21.1. The number of likely N-dealkylation sites (N-methyl/N-ethyl adjacent to an activating group) is 1. The number of aliphatic hydroxyl groups is 1. The molecule has 1 amide bonds. The third-order valence-electron chi connectivity index (χ3n) is 4.72. The Hall–Kier alpha value is -2.17. The lowest BCUT2D eigenvalue weighted by Crippen LogP contribution is -2.24. The van der Waals surface area contributed by atoms with Crippen LogP contribution in [0.4, 0.5) is 0 Å². The van der Waals surface area contributed by atoms with Gasteiger partial charge in [-0.1, -0.05) is 61.7 Å². The summed E-state index contributed by atoms with van der Waals surface area (Å²) in [5.41, 5.74) is 2.90. The van der Waals surface area contributed by atoms with Gasteiger partial charge in [-0.25, -0.2) is 0 Å². The highest BCUT2D eigenvalue weighted by molar-refractivity contribution is 5.95. The van der Waals surface area contributed by atoms with E-state index in [4.69, 9.17) is 5.11 Å². The molecular weight excluding hydrogens is 336 g/mol. The van der Waals surface area contributed by atoms with Crippen LogP contribution in [0.2, 0.25) is 0 Å². The third kappa shape index (κ3) is 7.94. The molecular formula is C23H32N2O2. The van der Waals surface area contributed by atoms with Crippen molar-refractivity contribution in [1.29, 1.82) is 0 Å². The van der Waals surface area contributed by atoms with Crippen molar-refractivity contribution in [3.8, 4) is 11.1 Å². The van der Waals surface area contributed by atoms with Crippen molar-refractivity contribution < 1.29 is 9.90 Å². The molecule has 4 heteroatoms. The Morgan fingerprint density at radius 2 is 1.59 bits per heavy atom. The smallest absolute Gasteiger partial charge is 0.251 e. The van der Waals surface area contributed by atoms with E-state index in [1.165, 1.54) is 12.8 Å². The fourth-order valence-corrected chi connectivity index (χ4v) is 3.09. The van der Waals surface area contributed by atoms with Gasteiger partial charge in [-0.05, 0) is 49.7 Å². The maximum Gasteiger partial charge on any atom is 0.251 e. The van der Waals surface area contributed by atoms with Gasteiger partial charge in [0.15, 0.2) is 0 Å². The van der Waals surface area contributed by atoms with Crippen molar-refractivity contribution in [3.05, 3.63) is 60.2 Å². The van der Waals surface area contributed by atoms with Gasteiger partial charge in [0.25, 0.3) is 5.91 Å². The van der Waals surface area contributed by atoms with Crippen molar-refractivity contribution >= 4 is 5.91 Å². The Morgan fingerprint density at radius 3 is 2.37 bits per heavy atom. The lowest BCUT2D eigenvalue weighted by atomic mass is 10.0. The molecule has 2 rings (SSSR count). The summed E-state index contributed by atoms with van der Waals surface area (Å²) in [6, 6.07) is 17.9. The molecule has 0 atom stereocenters. The summed E-state index contributed by atoms with van der Waals surface area (Å²) in [7, 11) is 2.04. The molecule has 2 aromatic carbocycles. The van der Waals surface area contributed by atoms with Gasteiger partial charge in [0.2, 0.25) is 0 Å². The Balaban J connectivity index is 1.64. The van der Waals surface area contributed by atoms with Crippen LogP contribution < -0.4 is 5.32 Å². The quantitative estimate of drug-likeness (QED) is 0.558. The molecule has 2 N–H and O–H groups in total. The predicted molar refractivity (Wildman–Crippen MR) is 112 cm³/mol. The van der Waals surface area contributed by atoms with E-state index < -0.39 is 0 Å². The van der Waals surface area contributed by atoms with Crippen LogP contribution in [0.3, 0.4) is 0 Å². The summed E-state index contributed by atoms with van der Waals surface area (Å²) in [6.07, 6.45) is 5.69. The van der Waals surface area contributed by atoms with Crippen molar-refractivity contribution in [2.75, 3.05) is 33.3 Å². The van der Waals surface area contributed by atoms with Gasteiger partial charge in [0, 0.05) is 18.7 Å². The van der Waals surface area contributed by atoms with Gasteiger partial charge in [-0.15, -0.1) is 0 Å². The molecule has 0 aromatic heterocycles. The molecule has 0 aliphatic rings. The molecule has 0 unspecified atom stereocenters. The topological polar surface area (TPSA) is 52.6 Å². The standard InChI is InChI=1S/C23H32N2O2/c1-25(17-18-26)16-9-4-2-3-8-15-24-23(27)22-14-10-13-21(19-22)20-11-6-5-7-12-20/h5-7,10-14,19,26H,2-4,8-9,15-18H2,1H3,(H,24,27). The van der Waals surface area contributed by atoms with E-state index in [2.05, 4.69) is 22.3 Å². The van der Waals surface area contributed by atoms with Crippen molar-refractivity contribution in [2.45, 2.75) is 32.1 Å².